The van der Waals surface area contributed by atoms with Crippen molar-refractivity contribution in [2.24, 2.45) is 11.7 Å². The highest BCUT2D eigenvalue weighted by molar-refractivity contribution is 5.79. The van der Waals surface area contributed by atoms with Crippen molar-refractivity contribution in [2.45, 2.75) is 44.1 Å². The maximum Gasteiger partial charge on any atom is 0.451 e. The van der Waals surface area contributed by atoms with Crippen LogP contribution in [0, 0.1) is 23.4 Å². The first-order valence-electron chi connectivity index (χ1n) is 9.24. The normalized spacial score (nSPS) is 24.2. The Kier molecular flexibility index (Phi) is 4.99. The van der Waals surface area contributed by atoms with E-state index in [1.54, 1.807) is 0 Å². The Balaban J connectivity index is 1.49. The molecule has 1 aromatic heterocycles. The Hall–Kier alpha value is -2.63. The van der Waals surface area contributed by atoms with E-state index in [-0.39, 0.29) is 49.8 Å². The molecule has 1 saturated carbocycles. The van der Waals surface area contributed by atoms with E-state index in [4.69, 9.17) is 5.73 Å². The van der Waals surface area contributed by atoms with Gasteiger partial charge in [-0.15, -0.1) is 10.2 Å². The molecule has 6 nitrogen and oxygen atoms in total. The summed E-state index contributed by atoms with van der Waals surface area (Å²) in [4.78, 5) is 14.3. The third kappa shape index (κ3) is 3.53. The third-order valence-corrected chi connectivity index (χ3v) is 5.72. The fourth-order valence-electron chi connectivity index (χ4n) is 4.27. The van der Waals surface area contributed by atoms with Gasteiger partial charge >= 0.3 is 6.18 Å². The molecule has 2 N–H and O–H groups in total. The quantitative estimate of drug-likeness (QED) is 0.584. The number of alkyl halides is 3. The summed E-state index contributed by atoms with van der Waals surface area (Å²) >= 11 is 0. The number of carbonyl (C=O) groups is 1. The monoisotopic (exact) mass is 433 g/mol. The Morgan fingerprint density at radius 3 is 2.43 bits per heavy atom. The van der Waals surface area contributed by atoms with Crippen LogP contribution in [-0.2, 0) is 24.1 Å². The number of hydrogen-bond donors (Lipinski definition) is 1. The molecule has 30 heavy (non-hydrogen) atoms. The molecule has 0 unspecified atom stereocenters. The highest BCUT2D eigenvalue weighted by atomic mass is 19.4. The summed E-state index contributed by atoms with van der Waals surface area (Å²) in [6.45, 7) is -0.219. The minimum Gasteiger partial charge on any atom is -0.333 e. The molecule has 1 amide bonds. The first-order chi connectivity index (χ1) is 14.1. The molecule has 1 fully saturated rings. The summed E-state index contributed by atoms with van der Waals surface area (Å²) < 4.78 is 80.7. The Labute approximate surface area is 166 Å². The van der Waals surface area contributed by atoms with Gasteiger partial charge < -0.3 is 15.2 Å². The summed E-state index contributed by atoms with van der Waals surface area (Å²) in [5.74, 6) is -6.19. The number of benzene rings is 1. The molecule has 1 aliphatic heterocycles. The first-order valence-corrected chi connectivity index (χ1v) is 9.24. The molecule has 0 spiro atoms. The number of halogens is 6. The van der Waals surface area contributed by atoms with Gasteiger partial charge in [-0.2, -0.15) is 13.2 Å². The van der Waals surface area contributed by atoms with E-state index < -0.39 is 47.3 Å². The lowest BCUT2D eigenvalue weighted by Crippen LogP contribution is -2.42. The second kappa shape index (κ2) is 7.25. The number of nitrogens with zero attached hydrogens (tertiary/aromatic N) is 4. The minimum absolute atomic E-state index is 0.0208. The third-order valence-electron chi connectivity index (χ3n) is 5.72. The van der Waals surface area contributed by atoms with Gasteiger partial charge in [0.05, 0.1) is 6.54 Å². The number of hydrogen-bond acceptors (Lipinski definition) is 4. The molecule has 12 heteroatoms. The van der Waals surface area contributed by atoms with E-state index in [0.717, 1.165) is 10.6 Å². The van der Waals surface area contributed by atoms with Crippen molar-refractivity contribution >= 4 is 5.91 Å². The lowest BCUT2D eigenvalue weighted by atomic mass is 9.93. The number of rotatable bonds is 2. The van der Waals surface area contributed by atoms with Gasteiger partial charge in [-0.1, -0.05) is 0 Å². The summed E-state index contributed by atoms with van der Waals surface area (Å²) in [5, 5.41) is 6.71. The van der Waals surface area contributed by atoms with Gasteiger partial charge in [0.25, 0.3) is 0 Å². The lowest BCUT2D eigenvalue weighted by molar-refractivity contribution is -0.148. The lowest BCUT2D eigenvalue weighted by Gasteiger charge is -2.30. The SMILES string of the molecule is N[C@@H]1C[C@H](C(=O)N2CCn3c(nnc3C(F)(F)F)C2)C[C@H]1c1cc(F)c(F)cc1F. The van der Waals surface area contributed by atoms with Crippen molar-refractivity contribution in [1.82, 2.24) is 19.7 Å². The van der Waals surface area contributed by atoms with Gasteiger partial charge in [0, 0.05) is 37.0 Å². The number of nitrogens with two attached hydrogens (primary N) is 1. The average molecular weight is 433 g/mol. The minimum atomic E-state index is -4.64. The van der Waals surface area contributed by atoms with Crippen LogP contribution in [0.5, 0.6) is 0 Å². The van der Waals surface area contributed by atoms with Crippen LogP contribution >= 0.6 is 0 Å². The molecule has 4 rings (SSSR count). The van der Waals surface area contributed by atoms with Crippen molar-refractivity contribution in [3.63, 3.8) is 0 Å². The molecule has 1 aromatic carbocycles. The van der Waals surface area contributed by atoms with Gasteiger partial charge in [-0.05, 0) is 24.5 Å². The average Bonchev–Trinajstić information content (AvgIpc) is 3.27. The molecule has 0 saturated heterocycles. The van der Waals surface area contributed by atoms with E-state index in [2.05, 4.69) is 10.2 Å². The fourth-order valence-corrected chi connectivity index (χ4v) is 4.27. The van der Waals surface area contributed by atoms with Gasteiger partial charge in [-0.25, -0.2) is 13.2 Å². The van der Waals surface area contributed by atoms with E-state index in [0.29, 0.717) is 6.07 Å². The molecular formula is C18H17F6N5O. The van der Waals surface area contributed by atoms with Crippen LogP contribution in [0.3, 0.4) is 0 Å². The molecule has 3 atom stereocenters. The zero-order valence-electron chi connectivity index (χ0n) is 15.5. The predicted molar refractivity (Wildman–Crippen MR) is 90.2 cm³/mol. The van der Waals surface area contributed by atoms with Crippen LogP contribution < -0.4 is 5.73 Å². The van der Waals surface area contributed by atoms with Crippen molar-refractivity contribution in [3.05, 3.63) is 46.8 Å². The number of carbonyl (C=O) groups excluding carboxylic acids is 1. The molecule has 0 bridgehead atoms. The van der Waals surface area contributed by atoms with Gasteiger partial charge in [-0.3, -0.25) is 4.79 Å². The summed E-state index contributed by atoms with van der Waals surface area (Å²) in [7, 11) is 0. The van der Waals surface area contributed by atoms with Crippen LogP contribution in [0.4, 0.5) is 26.3 Å². The zero-order valence-corrected chi connectivity index (χ0v) is 15.5. The highest BCUT2D eigenvalue weighted by Crippen LogP contribution is 2.40. The second-order valence-corrected chi connectivity index (χ2v) is 7.58. The predicted octanol–water partition coefficient (Wildman–Crippen LogP) is 2.58. The Bertz CT molecular complexity index is 990. The maximum atomic E-state index is 14.1. The van der Waals surface area contributed by atoms with Gasteiger partial charge in [0.1, 0.15) is 5.82 Å². The number of aromatic nitrogens is 3. The Morgan fingerprint density at radius 2 is 1.73 bits per heavy atom. The van der Waals surface area contributed by atoms with Crippen LogP contribution in [0.25, 0.3) is 0 Å². The zero-order chi connectivity index (χ0) is 21.8. The van der Waals surface area contributed by atoms with Crippen molar-refractivity contribution in [3.8, 4) is 0 Å². The molecular weight excluding hydrogens is 416 g/mol. The van der Waals surface area contributed by atoms with Crippen molar-refractivity contribution < 1.29 is 31.1 Å². The summed E-state index contributed by atoms with van der Waals surface area (Å²) in [6, 6.07) is 0.551. The number of fused-ring (bicyclic) bond motifs is 1. The van der Waals surface area contributed by atoms with Crippen molar-refractivity contribution in [2.75, 3.05) is 6.54 Å². The van der Waals surface area contributed by atoms with E-state index in [9.17, 15) is 31.1 Å². The summed E-state index contributed by atoms with van der Waals surface area (Å²) in [6.07, 6.45) is -4.32. The molecule has 0 radical (unpaired) electrons. The Morgan fingerprint density at radius 1 is 1.03 bits per heavy atom. The van der Waals surface area contributed by atoms with E-state index in [1.807, 2.05) is 0 Å². The van der Waals surface area contributed by atoms with Crippen LogP contribution in [0.1, 0.15) is 36.0 Å². The van der Waals surface area contributed by atoms with Crippen LogP contribution in [-0.4, -0.2) is 38.2 Å². The van der Waals surface area contributed by atoms with Gasteiger partial charge in [0.2, 0.25) is 11.7 Å². The largest absolute Gasteiger partial charge is 0.451 e. The molecule has 2 heterocycles. The van der Waals surface area contributed by atoms with Gasteiger partial charge in [0.15, 0.2) is 17.5 Å². The smallest absolute Gasteiger partial charge is 0.333 e. The molecule has 2 aromatic rings. The van der Waals surface area contributed by atoms with E-state index in [1.165, 1.54) is 4.90 Å². The van der Waals surface area contributed by atoms with Crippen LogP contribution in [0.15, 0.2) is 12.1 Å². The first kappa shape index (κ1) is 20.6. The standard InChI is InChI=1S/C18H17F6N5O/c19-11-6-13(21)12(20)5-9(11)10-3-8(4-14(10)25)16(30)28-1-2-29-15(7-28)26-27-17(29)18(22,23)24/h5-6,8,10,14H,1-4,7,25H2/t8-,10+,14-/m1/s1. The summed E-state index contributed by atoms with van der Waals surface area (Å²) in [5.41, 5.74) is 5.96. The van der Waals surface area contributed by atoms with Crippen LogP contribution in [0.2, 0.25) is 0 Å². The molecule has 162 valence electrons. The highest BCUT2D eigenvalue weighted by Gasteiger charge is 2.43. The fraction of sp³-hybridized carbons (Fsp3) is 0.500. The number of amides is 1. The maximum absolute atomic E-state index is 14.1. The molecule has 2 aliphatic rings. The molecule has 1 aliphatic carbocycles. The topological polar surface area (TPSA) is 77.0 Å². The van der Waals surface area contributed by atoms with E-state index >= 15 is 0 Å². The second-order valence-electron chi connectivity index (χ2n) is 7.58. The van der Waals surface area contributed by atoms with Crippen molar-refractivity contribution in [1.29, 1.82) is 0 Å².